The Balaban J connectivity index is 1.34. The van der Waals surface area contributed by atoms with Gasteiger partial charge >= 0.3 is 0 Å². The van der Waals surface area contributed by atoms with E-state index in [1.807, 2.05) is 51.4 Å². The quantitative estimate of drug-likeness (QED) is 0.379. The molecule has 2 aromatic heterocycles. The summed E-state index contributed by atoms with van der Waals surface area (Å²) in [4.78, 5) is 26.8. The van der Waals surface area contributed by atoms with Gasteiger partial charge in [0.2, 0.25) is 0 Å². The van der Waals surface area contributed by atoms with E-state index in [9.17, 15) is 4.79 Å². The van der Waals surface area contributed by atoms with Crippen molar-refractivity contribution < 1.29 is 9.53 Å². The van der Waals surface area contributed by atoms with Crippen LogP contribution in [0.4, 0.5) is 5.69 Å². The molecule has 7 heteroatoms. The van der Waals surface area contributed by atoms with Crippen molar-refractivity contribution in [1.29, 1.82) is 0 Å². The number of methoxy groups -OCH3 is 1. The molecule has 1 atom stereocenters. The molecule has 7 nitrogen and oxygen atoms in total. The van der Waals surface area contributed by atoms with Gasteiger partial charge in [0, 0.05) is 62.0 Å². The second-order valence-corrected chi connectivity index (χ2v) is 10.8. The standard InChI is InChI=1S/C32H43N5O2/c1-22-11-15-33-20-27(22)21-37(28-7-9-30(39-6)10-8-28)29-13-17-36(18-14-29)25(4)12-16-34-32(38)31-23(2)19-24(3)35-26(31)5/h7-11,15,19-20,25,29H,12-14,16-18,21H2,1-6H3,(H,34,38)/t25-/m1/s1. The zero-order chi connectivity index (χ0) is 27.9. The molecule has 0 radical (unpaired) electrons. The van der Waals surface area contributed by atoms with Crippen LogP contribution < -0.4 is 15.0 Å². The number of rotatable bonds is 10. The summed E-state index contributed by atoms with van der Waals surface area (Å²) < 4.78 is 5.40. The third kappa shape index (κ3) is 7.15. The first-order valence-corrected chi connectivity index (χ1v) is 14.0. The van der Waals surface area contributed by atoms with Crippen LogP contribution in [0.1, 0.15) is 64.6 Å². The van der Waals surface area contributed by atoms with E-state index < -0.39 is 0 Å². The molecule has 39 heavy (non-hydrogen) atoms. The number of aromatic nitrogens is 2. The summed E-state index contributed by atoms with van der Waals surface area (Å²) >= 11 is 0. The summed E-state index contributed by atoms with van der Waals surface area (Å²) in [7, 11) is 1.70. The number of ether oxygens (including phenoxy) is 1. The van der Waals surface area contributed by atoms with Crippen molar-refractivity contribution in [3.63, 3.8) is 0 Å². The maximum atomic E-state index is 12.8. The van der Waals surface area contributed by atoms with Gasteiger partial charge in [-0.3, -0.25) is 14.8 Å². The summed E-state index contributed by atoms with van der Waals surface area (Å²) in [6.45, 7) is 13.9. The average molecular weight is 530 g/mol. The fourth-order valence-corrected chi connectivity index (χ4v) is 5.72. The lowest BCUT2D eigenvalue weighted by Gasteiger charge is -2.42. The largest absolute Gasteiger partial charge is 0.497 e. The average Bonchev–Trinajstić information content (AvgIpc) is 2.92. The molecule has 0 saturated carbocycles. The maximum absolute atomic E-state index is 12.8. The highest BCUT2D eigenvalue weighted by Crippen LogP contribution is 2.29. The van der Waals surface area contributed by atoms with Crippen LogP contribution in [0.5, 0.6) is 5.75 Å². The zero-order valence-electron chi connectivity index (χ0n) is 24.3. The van der Waals surface area contributed by atoms with Crippen LogP contribution in [0.25, 0.3) is 0 Å². The molecule has 4 rings (SSSR count). The lowest BCUT2D eigenvalue weighted by molar-refractivity contribution is 0.0943. The number of nitrogens with zero attached hydrogens (tertiary/aromatic N) is 4. The van der Waals surface area contributed by atoms with Crippen LogP contribution in [-0.4, -0.2) is 59.6 Å². The van der Waals surface area contributed by atoms with E-state index in [4.69, 9.17) is 4.74 Å². The van der Waals surface area contributed by atoms with Gasteiger partial charge in [0.25, 0.3) is 5.91 Å². The number of pyridine rings is 2. The van der Waals surface area contributed by atoms with E-state index in [1.165, 1.54) is 16.8 Å². The van der Waals surface area contributed by atoms with Crippen molar-refractivity contribution in [3.8, 4) is 5.75 Å². The van der Waals surface area contributed by atoms with Crippen molar-refractivity contribution >= 4 is 11.6 Å². The van der Waals surface area contributed by atoms with Crippen LogP contribution in [-0.2, 0) is 6.54 Å². The third-order valence-corrected chi connectivity index (χ3v) is 8.06. The molecular weight excluding hydrogens is 486 g/mol. The molecule has 208 valence electrons. The van der Waals surface area contributed by atoms with Gasteiger partial charge in [-0.15, -0.1) is 0 Å². The van der Waals surface area contributed by atoms with Crippen LogP contribution >= 0.6 is 0 Å². The fraction of sp³-hybridized carbons (Fsp3) is 0.469. The molecule has 3 aromatic rings. The highest BCUT2D eigenvalue weighted by molar-refractivity contribution is 5.96. The molecule has 0 unspecified atom stereocenters. The number of aryl methyl sites for hydroxylation is 4. The Kier molecular flexibility index (Phi) is 9.57. The normalized spacial score (nSPS) is 15.1. The van der Waals surface area contributed by atoms with Crippen LogP contribution in [0.2, 0.25) is 0 Å². The van der Waals surface area contributed by atoms with E-state index in [1.54, 1.807) is 7.11 Å². The summed E-state index contributed by atoms with van der Waals surface area (Å²) in [5, 5.41) is 3.13. The minimum atomic E-state index is -0.0239. The number of hydrogen-bond acceptors (Lipinski definition) is 6. The first kappa shape index (κ1) is 28.6. The minimum Gasteiger partial charge on any atom is -0.497 e. The molecule has 1 saturated heterocycles. The number of amides is 1. The van der Waals surface area contributed by atoms with Crippen molar-refractivity contribution in [2.24, 2.45) is 0 Å². The number of carbonyl (C=O) groups is 1. The Hall–Kier alpha value is -3.45. The summed E-state index contributed by atoms with van der Waals surface area (Å²) in [5.74, 6) is 0.847. The monoisotopic (exact) mass is 529 g/mol. The molecule has 1 aromatic carbocycles. The maximum Gasteiger partial charge on any atom is 0.253 e. The van der Waals surface area contributed by atoms with E-state index in [0.717, 1.165) is 61.6 Å². The Morgan fingerprint density at radius 2 is 1.82 bits per heavy atom. The summed E-state index contributed by atoms with van der Waals surface area (Å²) in [6.07, 6.45) is 6.96. The van der Waals surface area contributed by atoms with E-state index in [2.05, 4.69) is 57.1 Å². The second-order valence-electron chi connectivity index (χ2n) is 10.8. The molecular formula is C32H43N5O2. The van der Waals surface area contributed by atoms with Gasteiger partial charge in [-0.05, 0) is 107 Å². The smallest absolute Gasteiger partial charge is 0.253 e. The first-order chi connectivity index (χ1) is 18.8. The molecule has 0 bridgehead atoms. The van der Waals surface area contributed by atoms with Gasteiger partial charge in [-0.25, -0.2) is 0 Å². The SMILES string of the molecule is COc1ccc(N(Cc2cnccc2C)C2CCN([C@H](C)CCNC(=O)c3c(C)cc(C)nc3C)CC2)cc1. The lowest BCUT2D eigenvalue weighted by Crippen LogP contribution is -2.48. The highest BCUT2D eigenvalue weighted by atomic mass is 16.5. The molecule has 0 spiro atoms. The molecule has 1 amide bonds. The van der Waals surface area contributed by atoms with Crippen molar-refractivity contribution in [3.05, 3.63) is 82.4 Å². The number of piperidine rings is 1. The lowest BCUT2D eigenvalue weighted by atomic mass is 9.99. The van der Waals surface area contributed by atoms with Crippen LogP contribution in [0.3, 0.4) is 0 Å². The predicted molar refractivity (Wildman–Crippen MR) is 158 cm³/mol. The second kappa shape index (κ2) is 13.1. The number of benzene rings is 1. The number of anilines is 1. The molecule has 1 fully saturated rings. The van der Waals surface area contributed by atoms with Gasteiger partial charge in [0.05, 0.1) is 18.4 Å². The molecule has 1 aliphatic rings. The number of carbonyl (C=O) groups excluding carboxylic acids is 1. The molecule has 3 heterocycles. The van der Waals surface area contributed by atoms with Crippen molar-refractivity contribution in [2.75, 3.05) is 31.6 Å². The molecule has 1 N–H and O–H groups in total. The third-order valence-electron chi connectivity index (χ3n) is 8.06. The van der Waals surface area contributed by atoms with Gasteiger partial charge < -0.3 is 19.9 Å². The zero-order valence-corrected chi connectivity index (χ0v) is 24.3. The van der Waals surface area contributed by atoms with E-state index >= 15 is 0 Å². The van der Waals surface area contributed by atoms with Gasteiger partial charge in [-0.1, -0.05) is 0 Å². The Morgan fingerprint density at radius 3 is 2.46 bits per heavy atom. The highest BCUT2D eigenvalue weighted by Gasteiger charge is 2.28. The van der Waals surface area contributed by atoms with Crippen LogP contribution in [0.15, 0.2) is 48.8 Å². The molecule has 1 aliphatic heterocycles. The Bertz CT molecular complexity index is 1230. The van der Waals surface area contributed by atoms with Crippen molar-refractivity contribution in [1.82, 2.24) is 20.2 Å². The van der Waals surface area contributed by atoms with Crippen molar-refractivity contribution in [2.45, 2.75) is 72.5 Å². The van der Waals surface area contributed by atoms with Gasteiger partial charge in [0.1, 0.15) is 5.75 Å². The summed E-state index contributed by atoms with van der Waals surface area (Å²) in [5.41, 5.74) is 7.16. The topological polar surface area (TPSA) is 70.6 Å². The van der Waals surface area contributed by atoms with Crippen LogP contribution in [0, 0.1) is 27.7 Å². The number of hydrogen-bond donors (Lipinski definition) is 1. The fourth-order valence-electron chi connectivity index (χ4n) is 5.72. The Morgan fingerprint density at radius 1 is 1.10 bits per heavy atom. The number of nitrogens with one attached hydrogen (secondary N) is 1. The summed E-state index contributed by atoms with van der Waals surface area (Å²) in [6, 6.07) is 13.3. The van der Waals surface area contributed by atoms with Gasteiger partial charge in [0.15, 0.2) is 0 Å². The Labute approximate surface area is 233 Å². The molecule has 0 aliphatic carbocycles. The van der Waals surface area contributed by atoms with Gasteiger partial charge in [-0.2, -0.15) is 0 Å². The first-order valence-electron chi connectivity index (χ1n) is 14.0. The predicted octanol–water partition coefficient (Wildman–Crippen LogP) is 5.40. The van der Waals surface area contributed by atoms with E-state index in [0.29, 0.717) is 24.2 Å². The number of likely N-dealkylation sites (tertiary alicyclic amines) is 1. The van der Waals surface area contributed by atoms with E-state index in [-0.39, 0.29) is 5.91 Å². The minimum absolute atomic E-state index is 0.0239.